The van der Waals surface area contributed by atoms with E-state index in [4.69, 9.17) is 19.9 Å². The van der Waals surface area contributed by atoms with Gasteiger partial charge in [-0.2, -0.15) is 0 Å². The third-order valence-corrected chi connectivity index (χ3v) is 12.5. The van der Waals surface area contributed by atoms with Crippen LogP contribution in [0.4, 0.5) is 0 Å². The average Bonchev–Trinajstić information content (AvgIpc) is 3.88. The molecule has 0 radical (unpaired) electrons. The van der Waals surface area contributed by atoms with Crippen molar-refractivity contribution in [3.8, 4) is 56.8 Å². The molecule has 0 unspecified atom stereocenters. The molecule has 0 aliphatic rings. The first-order valence-corrected chi connectivity index (χ1v) is 21.6. The summed E-state index contributed by atoms with van der Waals surface area (Å²) in [6, 6.07) is 76.8. The van der Waals surface area contributed by atoms with E-state index in [1.807, 2.05) is 18.2 Å². The van der Waals surface area contributed by atoms with Crippen LogP contribution in [-0.2, 0) is 0 Å². The number of rotatable bonds is 6. The van der Waals surface area contributed by atoms with Crippen LogP contribution in [-0.4, -0.2) is 29.1 Å². The zero-order chi connectivity index (χ0) is 42.1. The van der Waals surface area contributed by atoms with Crippen LogP contribution in [0.15, 0.2) is 218 Å². The third-order valence-electron chi connectivity index (χ3n) is 12.5. The SMILES string of the molecule is c1ccc(-c2nc(-c3cccc(-n4c5ccccc5c5ccccc54)c3)nc(-c3ccc4c5cc6c(-c7ccccc7)nc7ccccc7c6cc5n(-c5ccccc5)c4c3)n2)cc1. The fraction of sp³-hybridized carbons (Fsp3) is 0. The minimum atomic E-state index is 0.601. The van der Waals surface area contributed by atoms with Crippen LogP contribution in [0.2, 0.25) is 0 Å². The number of fused-ring (bicyclic) bond motifs is 9. The van der Waals surface area contributed by atoms with Crippen LogP contribution in [0.1, 0.15) is 0 Å². The van der Waals surface area contributed by atoms with E-state index in [1.54, 1.807) is 0 Å². The highest BCUT2D eigenvalue weighted by molar-refractivity contribution is 6.20. The minimum absolute atomic E-state index is 0.601. The molecule has 0 N–H and O–H groups in total. The Kier molecular flexibility index (Phi) is 8.11. The molecular weight excluding hydrogens is 781 g/mol. The number of pyridine rings is 1. The van der Waals surface area contributed by atoms with E-state index in [0.29, 0.717) is 17.5 Å². The molecule has 0 aliphatic carbocycles. The highest BCUT2D eigenvalue weighted by Gasteiger charge is 2.20. The molecule has 9 aromatic carbocycles. The summed E-state index contributed by atoms with van der Waals surface area (Å²) in [5.74, 6) is 1.82. The Morgan fingerprint density at radius 3 is 1.45 bits per heavy atom. The lowest BCUT2D eigenvalue weighted by Crippen LogP contribution is -2.01. The van der Waals surface area contributed by atoms with Crippen molar-refractivity contribution in [1.82, 2.24) is 29.1 Å². The fourth-order valence-electron chi connectivity index (χ4n) is 9.61. The van der Waals surface area contributed by atoms with Gasteiger partial charge in [0.25, 0.3) is 0 Å². The van der Waals surface area contributed by atoms with Gasteiger partial charge in [-0.3, -0.25) is 0 Å². The second kappa shape index (κ2) is 14.4. The smallest absolute Gasteiger partial charge is 0.164 e. The van der Waals surface area contributed by atoms with Crippen LogP contribution >= 0.6 is 0 Å². The summed E-state index contributed by atoms with van der Waals surface area (Å²) < 4.78 is 4.70. The molecule has 6 nitrogen and oxygen atoms in total. The van der Waals surface area contributed by atoms with Gasteiger partial charge in [0, 0.05) is 65.9 Å². The van der Waals surface area contributed by atoms with E-state index in [2.05, 4.69) is 209 Å². The number of aromatic nitrogens is 6. The van der Waals surface area contributed by atoms with E-state index >= 15 is 0 Å². The van der Waals surface area contributed by atoms with Gasteiger partial charge in [-0.25, -0.2) is 19.9 Å². The number of hydrogen-bond acceptors (Lipinski definition) is 4. The molecule has 13 aromatic rings. The van der Waals surface area contributed by atoms with Crippen LogP contribution in [0.3, 0.4) is 0 Å². The van der Waals surface area contributed by atoms with Crippen molar-refractivity contribution in [2.75, 3.05) is 0 Å². The number of hydrogen-bond donors (Lipinski definition) is 0. The summed E-state index contributed by atoms with van der Waals surface area (Å²) in [7, 11) is 0. The maximum Gasteiger partial charge on any atom is 0.164 e. The summed E-state index contributed by atoms with van der Waals surface area (Å²) in [6.07, 6.45) is 0. The fourth-order valence-corrected chi connectivity index (χ4v) is 9.61. The first-order chi connectivity index (χ1) is 31.7. The molecular formula is C58H36N6. The molecule has 4 aromatic heterocycles. The minimum Gasteiger partial charge on any atom is -0.309 e. The Bertz CT molecular complexity index is 3890. The van der Waals surface area contributed by atoms with Gasteiger partial charge in [0.2, 0.25) is 0 Å². The molecule has 6 heteroatoms. The molecule has 13 rings (SSSR count). The Hall–Kier alpha value is -8.74. The lowest BCUT2D eigenvalue weighted by atomic mass is 9.98. The first-order valence-electron chi connectivity index (χ1n) is 21.6. The Balaban J connectivity index is 1.04. The zero-order valence-corrected chi connectivity index (χ0v) is 34.5. The summed E-state index contributed by atoms with van der Waals surface area (Å²) in [5.41, 5.74) is 12.3. The summed E-state index contributed by atoms with van der Waals surface area (Å²) >= 11 is 0. The van der Waals surface area contributed by atoms with E-state index < -0.39 is 0 Å². The molecule has 0 spiro atoms. The lowest BCUT2D eigenvalue weighted by molar-refractivity contribution is 1.07. The maximum atomic E-state index is 5.28. The second-order valence-electron chi connectivity index (χ2n) is 16.3. The molecule has 0 atom stereocenters. The second-order valence-corrected chi connectivity index (χ2v) is 16.3. The predicted octanol–water partition coefficient (Wildman–Crippen LogP) is 14.4. The van der Waals surface area contributed by atoms with Crippen molar-refractivity contribution in [2.24, 2.45) is 0 Å². The topological polar surface area (TPSA) is 61.4 Å². The molecule has 0 fully saturated rings. The molecule has 64 heavy (non-hydrogen) atoms. The number of benzene rings is 9. The zero-order valence-electron chi connectivity index (χ0n) is 34.5. The van der Waals surface area contributed by atoms with Gasteiger partial charge >= 0.3 is 0 Å². The standard InChI is InChI=1S/C58H36N6/c1-4-17-37(18-5-1)55-49-35-48-46-32-31-40(34-53(46)63(41-22-8-3-9-23-41)54(48)36-47(49)43-25-10-13-28-50(43)59-55)58-61-56(38-19-6-2-7-20-38)60-57(62-58)39-21-16-24-42(33-39)64-51-29-14-11-26-44(51)45-27-12-15-30-52(45)64/h1-36H. The van der Waals surface area contributed by atoms with Gasteiger partial charge in [0.05, 0.1) is 33.3 Å². The summed E-state index contributed by atoms with van der Waals surface area (Å²) in [5, 5.41) is 8.12. The third kappa shape index (κ3) is 5.73. The molecule has 0 saturated carbocycles. The van der Waals surface area contributed by atoms with Gasteiger partial charge in [0.1, 0.15) is 0 Å². The van der Waals surface area contributed by atoms with E-state index in [-0.39, 0.29) is 0 Å². The van der Waals surface area contributed by atoms with Gasteiger partial charge in [-0.05, 0) is 66.0 Å². The van der Waals surface area contributed by atoms with Crippen LogP contribution < -0.4 is 0 Å². The number of para-hydroxylation sites is 4. The number of nitrogens with zero attached hydrogens (tertiary/aromatic N) is 6. The predicted molar refractivity (Wildman–Crippen MR) is 263 cm³/mol. The van der Waals surface area contributed by atoms with Crippen molar-refractivity contribution in [3.63, 3.8) is 0 Å². The van der Waals surface area contributed by atoms with Gasteiger partial charge in [-0.15, -0.1) is 0 Å². The van der Waals surface area contributed by atoms with Gasteiger partial charge in [0.15, 0.2) is 17.5 Å². The Morgan fingerprint density at radius 2 is 0.750 bits per heavy atom. The first kappa shape index (κ1) is 36.0. The normalized spacial score (nSPS) is 11.8. The highest BCUT2D eigenvalue weighted by Crippen LogP contribution is 2.41. The molecule has 0 aliphatic heterocycles. The summed E-state index contributed by atoms with van der Waals surface area (Å²) in [6.45, 7) is 0. The largest absolute Gasteiger partial charge is 0.309 e. The molecule has 0 bridgehead atoms. The van der Waals surface area contributed by atoms with E-state index in [1.165, 1.54) is 10.8 Å². The van der Waals surface area contributed by atoms with Crippen molar-refractivity contribution in [1.29, 1.82) is 0 Å². The molecule has 298 valence electrons. The van der Waals surface area contributed by atoms with Crippen molar-refractivity contribution >= 4 is 65.3 Å². The maximum absolute atomic E-state index is 5.28. The van der Waals surface area contributed by atoms with Crippen molar-refractivity contribution in [3.05, 3.63) is 218 Å². The van der Waals surface area contributed by atoms with Crippen molar-refractivity contribution < 1.29 is 0 Å². The molecule has 4 heterocycles. The van der Waals surface area contributed by atoms with Gasteiger partial charge in [-0.1, -0.05) is 158 Å². The van der Waals surface area contributed by atoms with Crippen LogP contribution in [0.25, 0.3) is 122 Å². The van der Waals surface area contributed by atoms with Crippen LogP contribution in [0.5, 0.6) is 0 Å². The van der Waals surface area contributed by atoms with E-state index in [9.17, 15) is 0 Å². The van der Waals surface area contributed by atoms with E-state index in [0.717, 1.165) is 93.8 Å². The Labute approximate surface area is 368 Å². The quantitative estimate of drug-likeness (QED) is 0.157. The van der Waals surface area contributed by atoms with Gasteiger partial charge < -0.3 is 9.13 Å². The highest BCUT2D eigenvalue weighted by atomic mass is 15.0. The average molecular weight is 817 g/mol. The summed E-state index contributed by atoms with van der Waals surface area (Å²) in [4.78, 5) is 20.9. The van der Waals surface area contributed by atoms with Crippen molar-refractivity contribution in [2.45, 2.75) is 0 Å². The lowest BCUT2D eigenvalue weighted by Gasteiger charge is -2.12. The Morgan fingerprint density at radius 1 is 0.250 bits per heavy atom. The molecule has 0 amide bonds. The molecule has 0 saturated heterocycles. The monoisotopic (exact) mass is 816 g/mol. The van der Waals surface area contributed by atoms with Crippen LogP contribution in [0, 0.1) is 0 Å².